The number of carbonyl (C=O) groups excluding carboxylic acids is 1. The molecule has 0 aliphatic heterocycles. The van der Waals surface area contributed by atoms with Crippen LogP contribution in [0.1, 0.15) is 17.0 Å². The van der Waals surface area contributed by atoms with Gasteiger partial charge in [-0.2, -0.15) is 10.2 Å². The highest BCUT2D eigenvalue weighted by Crippen LogP contribution is 2.21. The van der Waals surface area contributed by atoms with Crippen LogP contribution in [0.5, 0.6) is 0 Å². The van der Waals surface area contributed by atoms with Crippen LogP contribution in [0.15, 0.2) is 53.8 Å². The Hall–Kier alpha value is -2.86. The maximum Gasteiger partial charge on any atom is 0.245 e. The molecule has 0 saturated carbocycles. The Labute approximate surface area is 150 Å². The molecule has 0 fully saturated rings. The number of nitrogens with one attached hydrogen (secondary N) is 1. The Morgan fingerprint density at radius 2 is 2.04 bits per heavy atom. The number of nitrogens with zero attached hydrogens (tertiary/aromatic N) is 4. The van der Waals surface area contributed by atoms with Crippen LogP contribution in [0.25, 0.3) is 5.69 Å². The van der Waals surface area contributed by atoms with Gasteiger partial charge in [0.2, 0.25) is 5.91 Å². The Morgan fingerprint density at radius 3 is 2.72 bits per heavy atom. The van der Waals surface area contributed by atoms with E-state index in [0.717, 1.165) is 17.1 Å². The summed E-state index contributed by atoms with van der Waals surface area (Å²) in [7, 11) is 1.90. The SMILES string of the molecule is Cc1nn(-c2ccccc2)c(Cl)c1C=NNC(=O)Cc1cccn1C. The smallest absolute Gasteiger partial charge is 0.245 e. The number of aromatic nitrogens is 3. The third kappa shape index (κ3) is 3.80. The second-order valence-corrected chi connectivity index (χ2v) is 5.98. The van der Waals surface area contributed by atoms with Gasteiger partial charge in [-0.1, -0.05) is 29.8 Å². The summed E-state index contributed by atoms with van der Waals surface area (Å²) < 4.78 is 3.54. The van der Waals surface area contributed by atoms with Crippen molar-refractivity contribution in [2.45, 2.75) is 13.3 Å². The van der Waals surface area contributed by atoms with Gasteiger partial charge < -0.3 is 4.57 Å². The van der Waals surface area contributed by atoms with E-state index in [9.17, 15) is 4.79 Å². The number of aryl methyl sites for hydroxylation is 2. The number of hydrogen-bond acceptors (Lipinski definition) is 3. The van der Waals surface area contributed by atoms with Crippen molar-refractivity contribution < 1.29 is 4.79 Å². The monoisotopic (exact) mass is 355 g/mol. The molecule has 2 aromatic heterocycles. The van der Waals surface area contributed by atoms with Gasteiger partial charge in [-0.25, -0.2) is 10.1 Å². The molecule has 0 unspecified atom stereocenters. The van der Waals surface area contributed by atoms with E-state index in [1.54, 1.807) is 4.68 Å². The van der Waals surface area contributed by atoms with Crippen LogP contribution in [-0.2, 0) is 18.3 Å². The highest BCUT2D eigenvalue weighted by Gasteiger charge is 2.13. The number of benzene rings is 1. The Balaban J connectivity index is 1.70. The lowest BCUT2D eigenvalue weighted by atomic mass is 10.3. The summed E-state index contributed by atoms with van der Waals surface area (Å²) >= 11 is 6.41. The van der Waals surface area contributed by atoms with Crippen LogP contribution in [0.3, 0.4) is 0 Å². The first-order chi connectivity index (χ1) is 12.1. The third-order valence-electron chi connectivity index (χ3n) is 3.82. The molecule has 6 nitrogen and oxygen atoms in total. The summed E-state index contributed by atoms with van der Waals surface area (Å²) in [5.74, 6) is -0.192. The quantitative estimate of drug-likeness (QED) is 0.565. The average Bonchev–Trinajstić information content (AvgIpc) is 3.13. The molecule has 128 valence electrons. The Kier molecular flexibility index (Phi) is 5.00. The highest BCUT2D eigenvalue weighted by atomic mass is 35.5. The third-order valence-corrected chi connectivity index (χ3v) is 4.19. The molecule has 1 N–H and O–H groups in total. The molecule has 0 saturated heterocycles. The summed E-state index contributed by atoms with van der Waals surface area (Å²) in [5, 5.41) is 8.89. The average molecular weight is 356 g/mol. The molecule has 0 bridgehead atoms. The zero-order chi connectivity index (χ0) is 17.8. The maximum absolute atomic E-state index is 12.0. The zero-order valence-corrected chi connectivity index (χ0v) is 14.7. The van der Waals surface area contributed by atoms with Crippen molar-refractivity contribution in [3.63, 3.8) is 0 Å². The summed E-state index contributed by atoms with van der Waals surface area (Å²) in [4.78, 5) is 12.0. The minimum absolute atomic E-state index is 0.192. The summed E-state index contributed by atoms with van der Waals surface area (Å²) in [6, 6.07) is 13.4. The van der Waals surface area contributed by atoms with Crippen LogP contribution in [-0.4, -0.2) is 26.5 Å². The van der Waals surface area contributed by atoms with E-state index in [4.69, 9.17) is 11.6 Å². The van der Waals surface area contributed by atoms with E-state index in [0.29, 0.717) is 10.7 Å². The first-order valence-corrected chi connectivity index (χ1v) is 8.16. The number of hydrazone groups is 1. The van der Waals surface area contributed by atoms with Crippen LogP contribution in [0.2, 0.25) is 5.15 Å². The Morgan fingerprint density at radius 1 is 1.28 bits per heavy atom. The number of para-hydroxylation sites is 1. The van der Waals surface area contributed by atoms with Crippen LogP contribution in [0.4, 0.5) is 0 Å². The van der Waals surface area contributed by atoms with Crippen molar-refractivity contribution in [3.8, 4) is 5.69 Å². The zero-order valence-electron chi connectivity index (χ0n) is 14.0. The van der Waals surface area contributed by atoms with E-state index in [1.807, 2.05) is 67.2 Å². The van der Waals surface area contributed by atoms with Crippen molar-refractivity contribution in [2.75, 3.05) is 0 Å². The molecule has 3 rings (SSSR count). The van der Waals surface area contributed by atoms with Gasteiger partial charge in [0.25, 0.3) is 0 Å². The largest absolute Gasteiger partial charge is 0.354 e. The van der Waals surface area contributed by atoms with Crippen molar-refractivity contribution >= 4 is 23.7 Å². The van der Waals surface area contributed by atoms with Crippen LogP contribution >= 0.6 is 11.6 Å². The maximum atomic E-state index is 12.0. The number of amides is 1. The molecule has 3 aromatic rings. The van der Waals surface area contributed by atoms with E-state index >= 15 is 0 Å². The van der Waals surface area contributed by atoms with Gasteiger partial charge in [-0.15, -0.1) is 0 Å². The van der Waals surface area contributed by atoms with Gasteiger partial charge in [0.05, 0.1) is 29.6 Å². The van der Waals surface area contributed by atoms with Crippen LogP contribution < -0.4 is 5.43 Å². The molecular weight excluding hydrogens is 338 g/mol. The predicted molar refractivity (Wildman–Crippen MR) is 98.2 cm³/mol. The number of carbonyl (C=O) groups is 1. The lowest BCUT2D eigenvalue weighted by Gasteiger charge is -2.02. The van der Waals surface area contributed by atoms with Gasteiger partial charge in [0.15, 0.2) is 0 Å². The highest BCUT2D eigenvalue weighted by molar-refractivity contribution is 6.32. The second-order valence-electron chi connectivity index (χ2n) is 5.62. The molecule has 0 radical (unpaired) electrons. The standard InChI is InChI=1S/C18H18ClN5O/c1-13-16(18(19)24(22-13)14-7-4-3-5-8-14)12-20-21-17(25)11-15-9-6-10-23(15)2/h3-10,12H,11H2,1-2H3,(H,21,25). The fraction of sp³-hybridized carbons (Fsp3) is 0.167. The lowest BCUT2D eigenvalue weighted by Crippen LogP contribution is -2.20. The van der Waals surface area contributed by atoms with E-state index in [-0.39, 0.29) is 12.3 Å². The molecule has 0 spiro atoms. The van der Waals surface area contributed by atoms with Gasteiger partial charge >= 0.3 is 0 Å². The molecule has 2 heterocycles. The van der Waals surface area contributed by atoms with Crippen LogP contribution in [0, 0.1) is 6.92 Å². The number of rotatable bonds is 5. The summed E-state index contributed by atoms with van der Waals surface area (Å²) in [5.41, 5.74) is 5.70. The normalized spacial score (nSPS) is 11.2. The minimum atomic E-state index is -0.192. The van der Waals surface area contributed by atoms with Gasteiger partial charge in [-0.05, 0) is 31.2 Å². The summed E-state index contributed by atoms with van der Waals surface area (Å²) in [6.45, 7) is 1.85. The van der Waals surface area contributed by atoms with Gasteiger partial charge in [0.1, 0.15) is 5.15 Å². The second kappa shape index (κ2) is 7.36. The number of hydrogen-bond donors (Lipinski definition) is 1. The van der Waals surface area contributed by atoms with Gasteiger partial charge in [0, 0.05) is 18.9 Å². The molecule has 1 amide bonds. The Bertz CT molecular complexity index is 911. The first kappa shape index (κ1) is 17.0. The fourth-order valence-corrected chi connectivity index (χ4v) is 2.77. The van der Waals surface area contributed by atoms with Crippen molar-refractivity contribution in [1.82, 2.24) is 19.8 Å². The fourth-order valence-electron chi connectivity index (χ4n) is 2.45. The molecule has 25 heavy (non-hydrogen) atoms. The molecular formula is C18H18ClN5O. The van der Waals surface area contributed by atoms with Crippen molar-refractivity contribution in [2.24, 2.45) is 12.1 Å². The topological polar surface area (TPSA) is 64.2 Å². The van der Waals surface area contributed by atoms with Gasteiger partial charge in [-0.3, -0.25) is 4.79 Å². The summed E-state index contributed by atoms with van der Waals surface area (Å²) in [6.07, 6.45) is 3.68. The molecule has 0 atom stereocenters. The first-order valence-electron chi connectivity index (χ1n) is 7.79. The predicted octanol–water partition coefficient (Wildman–Crippen LogP) is 2.87. The van der Waals surface area contributed by atoms with E-state index < -0.39 is 0 Å². The molecule has 7 heteroatoms. The molecule has 0 aliphatic carbocycles. The number of halogens is 1. The lowest BCUT2D eigenvalue weighted by molar-refractivity contribution is -0.120. The minimum Gasteiger partial charge on any atom is -0.354 e. The van der Waals surface area contributed by atoms with E-state index in [1.165, 1.54) is 6.21 Å². The van der Waals surface area contributed by atoms with Crippen molar-refractivity contribution in [1.29, 1.82) is 0 Å². The van der Waals surface area contributed by atoms with E-state index in [2.05, 4.69) is 15.6 Å². The molecule has 0 aliphatic rings. The van der Waals surface area contributed by atoms with Crippen molar-refractivity contribution in [3.05, 3.63) is 70.8 Å². The molecule has 1 aromatic carbocycles.